The molecule has 0 spiro atoms. The number of nitrogens with one attached hydrogen (secondary N) is 1. The highest BCUT2D eigenvalue weighted by molar-refractivity contribution is 7.89. The Labute approximate surface area is 127 Å². The fraction of sp³-hybridized carbons (Fsp3) is 0.154. The maximum atomic E-state index is 12.0. The second-order valence-corrected chi connectivity index (χ2v) is 6.83. The average molecular weight is 325 g/mol. The van der Waals surface area contributed by atoms with Gasteiger partial charge in [-0.1, -0.05) is 0 Å². The first-order valence-electron chi connectivity index (χ1n) is 6.02. The second kappa shape index (κ2) is 6.25. The summed E-state index contributed by atoms with van der Waals surface area (Å²) in [5.41, 5.74) is 1.56. The van der Waals surface area contributed by atoms with E-state index in [4.69, 9.17) is 5.14 Å². The molecule has 2 rings (SSSR count). The molecule has 0 radical (unpaired) electrons. The number of anilines is 1. The van der Waals surface area contributed by atoms with Crippen LogP contribution in [0.15, 0.2) is 46.0 Å². The Hall–Kier alpha value is -1.90. The van der Waals surface area contributed by atoms with Gasteiger partial charge in [-0.3, -0.25) is 0 Å². The number of thiophene rings is 1. The van der Waals surface area contributed by atoms with Gasteiger partial charge in [-0.2, -0.15) is 11.3 Å². The van der Waals surface area contributed by atoms with Gasteiger partial charge >= 0.3 is 6.03 Å². The van der Waals surface area contributed by atoms with E-state index in [-0.39, 0.29) is 10.9 Å². The number of sulfonamides is 1. The highest BCUT2D eigenvalue weighted by Gasteiger charge is 2.11. The molecule has 0 aliphatic carbocycles. The van der Waals surface area contributed by atoms with E-state index >= 15 is 0 Å². The van der Waals surface area contributed by atoms with Crippen molar-refractivity contribution in [2.75, 3.05) is 12.4 Å². The van der Waals surface area contributed by atoms with Crippen LogP contribution in [0.2, 0.25) is 0 Å². The summed E-state index contributed by atoms with van der Waals surface area (Å²) in [5, 5.41) is 11.6. The monoisotopic (exact) mass is 325 g/mol. The predicted octanol–water partition coefficient (Wildman–Crippen LogP) is 2.06. The molecule has 0 unspecified atom stereocenters. The standard InChI is InChI=1S/C13H15N3O3S2/c1-16(8-10-6-7-20-9-10)13(17)15-11-2-4-12(5-3-11)21(14,18)19/h2-7,9H,8H2,1H3,(H,15,17)(H2,14,18,19). The van der Waals surface area contributed by atoms with Crippen LogP contribution >= 0.6 is 11.3 Å². The van der Waals surface area contributed by atoms with E-state index in [1.165, 1.54) is 29.2 Å². The maximum absolute atomic E-state index is 12.0. The molecule has 0 aliphatic rings. The van der Waals surface area contributed by atoms with E-state index in [1.54, 1.807) is 18.4 Å². The molecule has 6 nitrogen and oxygen atoms in total. The Morgan fingerprint density at radius 3 is 2.48 bits per heavy atom. The number of carbonyl (C=O) groups excluding carboxylic acids is 1. The molecule has 2 aromatic rings. The van der Waals surface area contributed by atoms with Crippen LogP contribution in [0.25, 0.3) is 0 Å². The van der Waals surface area contributed by atoms with E-state index in [0.717, 1.165) is 5.56 Å². The van der Waals surface area contributed by atoms with E-state index < -0.39 is 10.0 Å². The molecule has 3 N–H and O–H groups in total. The van der Waals surface area contributed by atoms with Gasteiger partial charge in [-0.05, 0) is 46.7 Å². The van der Waals surface area contributed by atoms with E-state index in [2.05, 4.69) is 5.32 Å². The number of carbonyl (C=O) groups is 1. The van der Waals surface area contributed by atoms with Crippen LogP contribution in [0.4, 0.5) is 10.5 Å². The highest BCUT2D eigenvalue weighted by atomic mass is 32.2. The first-order chi connectivity index (χ1) is 9.86. The van der Waals surface area contributed by atoms with Crippen molar-refractivity contribution in [3.63, 3.8) is 0 Å². The lowest BCUT2D eigenvalue weighted by molar-refractivity contribution is 0.221. The summed E-state index contributed by atoms with van der Waals surface area (Å²) in [6, 6.07) is 7.37. The van der Waals surface area contributed by atoms with Crippen LogP contribution in [-0.2, 0) is 16.6 Å². The number of hydrogen-bond donors (Lipinski definition) is 2. The molecule has 2 amide bonds. The molecule has 0 bridgehead atoms. The number of rotatable bonds is 4. The molecule has 8 heteroatoms. The Bertz CT molecular complexity index is 710. The number of benzene rings is 1. The molecule has 0 fully saturated rings. The minimum atomic E-state index is -3.72. The van der Waals surface area contributed by atoms with Crippen molar-refractivity contribution in [2.45, 2.75) is 11.4 Å². The molecule has 0 saturated carbocycles. The number of nitrogens with zero attached hydrogens (tertiary/aromatic N) is 1. The van der Waals surface area contributed by atoms with E-state index in [1.807, 2.05) is 16.8 Å². The molecule has 112 valence electrons. The number of urea groups is 1. The van der Waals surface area contributed by atoms with Gasteiger partial charge in [0.2, 0.25) is 10.0 Å². The van der Waals surface area contributed by atoms with Crippen molar-refractivity contribution < 1.29 is 13.2 Å². The number of primary sulfonamides is 1. The molecular formula is C13H15N3O3S2. The zero-order valence-corrected chi connectivity index (χ0v) is 12.9. The minimum absolute atomic E-state index is 0.00660. The summed E-state index contributed by atoms with van der Waals surface area (Å²) in [7, 11) is -2.03. The lowest BCUT2D eigenvalue weighted by Gasteiger charge is -2.17. The summed E-state index contributed by atoms with van der Waals surface area (Å²) in [4.78, 5) is 13.5. The largest absolute Gasteiger partial charge is 0.323 e. The second-order valence-electron chi connectivity index (χ2n) is 4.49. The first-order valence-corrected chi connectivity index (χ1v) is 8.51. The van der Waals surface area contributed by atoms with Gasteiger partial charge in [0.15, 0.2) is 0 Å². The summed E-state index contributed by atoms with van der Waals surface area (Å²) in [6.45, 7) is 0.505. The van der Waals surface area contributed by atoms with Gasteiger partial charge in [0, 0.05) is 19.3 Å². The lowest BCUT2D eigenvalue weighted by atomic mass is 10.3. The Kier molecular flexibility index (Phi) is 4.61. The van der Waals surface area contributed by atoms with Gasteiger partial charge in [0.05, 0.1) is 4.90 Å². The van der Waals surface area contributed by atoms with Crippen LogP contribution in [-0.4, -0.2) is 26.4 Å². The van der Waals surface area contributed by atoms with Crippen LogP contribution in [0.3, 0.4) is 0 Å². The van der Waals surface area contributed by atoms with Crippen molar-refractivity contribution in [3.05, 3.63) is 46.7 Å². The molecule has 0 atom stereocenters. The topological polar surface area (TPSA) is 92.5 Å². The fourth-order valence-corrected chi connectivity index (χ4v) is 2.85. The summed E-state index contributed by atoms with van der Waals surface area (Å²) in [6.07, 6.45) is 0. The normalized spacial score (nSPS) is 11.1. The van der Waals surface area contributed by atoms with Crippen molar-refractivity contribution in [1.29, 1.82) is 0 Å². The lowest BCUT2D eigenvalue weighted by Crippen LogP contribution is -2.30. The van der Waals surface area contributed by atoms with Crippen LogP contribution < -0.4 is 10.5 Å². The van der Waals surface area contributed by atoms with Crippen LogP contribution in [0, 0.1) is 0 Å². The van der Waals surface area contributed by atoms with Crippen LogP contribution in [0.1, 0.15) is 5.56 Å². The number of hydrogen-bond acceptors (Lipinski definition) is 4. The third-order valence-electron chi connectivity index (χ3n) is 2.78. The third kappa shape index (κ3) is 4.28. The Balaban J connectivity index is 1.99. The van der Waals surface area contributed by atoms with Crippen molar-refractivity contribution in [1.82, 2.24) is 4.90 Å². The van der Waals surface area contributed by atoms with Gasteiger partial charge in [0.25, 0.3) is 0 Å². The van der Waals surface area contributed by atoms with Gasteiger partial charge in [-0.25, -0.2) is 18.4 Å². The first kappa shape index (κ1) is 15.5. The SMILES string of the molecule is CN(Cc1ccsc1)C(=O)Nc1ccc(S(N)(=O)=O)cc1. The smallest absolute Gasteiger partial charge is 0.321 e. The highest BCUT2D eigenvalue weighted by Crippen LogP contribution is 2.14. The zero-order chi connectivity index (χ0) is 15.5. The van der Waals surface area contributed by atoms with Crippen molar-refractivity contribution in [2.24, 2.45) is 5.14 Å². The molecule has 1 aromatic heterocycles. The van der Waals surface area contributed by atoms with Gasteiger partial charge in [-0.15, -0.1) is 0 Å². The quantitative estimate of drug-likeness (QED) is 0.901. The van der Waals surface area contributed by atoms with Crippen LogP contribution in [0.5, 0.6) is 0 Å². The van der Waals surface area contributed by atoms with E-state index in [9.17, 15) is 13.2 Å². The zero-order valence-electron chi connectivity index (χ0n) is 11.3. The van der Waals surface area contributed by atoms with E-state index in [0.29, 0.717) is 12.2 Å². The molecular weight excluding hydrogens is 310 g/mol. The summed E-state index contributed by atoms with van der Waals surface area (Å²) < 4.78 is 22.3. The van der Waals surface area contributed by atoms with Gasteiger partial charge in [0.1, 0.15) is 0 Å². The molecule has 0 aliphatic heterocycles. The summed E-state index contributed by atoms with van der Waals surface area (Å²) in [5.74, 6) is 0. The molecule has 21 heavy (non-hydrogen) atoms. The maximum Gasteiger partial charge on any atom is 0.321 e. The Morgan fingerprint density at radius 2 is 1.95 bits per heavy atom. The molecule has 0 saturated heterocycles. The summed E-state index contributed by atoms with van der Waals surface area (Å²) >= 11 is 1.57. The fourth-order valence-electron chi connectivity index (χ4n) is 1.68. The number of amides is 2. The van der Waals surface area contributed by atoms with Gasteiger partial charge < -0.3 is 10.2 Å². The predicted molar refractivity (Wildman–Crippen MR) is 82.6 cm³/mol. The molecule has 1 aromatic carbocycles. The molecule has 1 heterocycles. The van der Waals surface area contributed by atoms with Crippen molar-refractivity contribution >= 4 is 33.1 Å². The third-order valence-corrected chi connectivity index (χ3v) is 4.44. The number of nitrogens with two attached hydrogens (primary N) is 1. The Morgan fingerprint density at radius 1 is 1.29 bits per heavy atom. The average Bonchev–Trinajstić information content (AvgIpc) is 2.91. The minimum Gasteiger partial charge on any atom is -0.323 e. The van der Waals surface area contributed by atoms with Crippen molar-refractivity contribution in [3.8, 4) is 0 Å².